The average molecular weight is 346 g/mol. The minimum absolute atomic E-state index is 0.0784. The second kappa shape index (κ2) is 7.82. The Morgan fingerprint density at radius 3 is 2.76 bits per heavy atom. The van der Waals surface area contributed by atoms with E-state index in [4.69, 9.17) is 4.74 Å². The number of anilines is 1. The van der Waals surface area contributed by atoms with E-state index in [1.165, 1.54) is 19.7 Å². The standard InChI is InChI=1S/C16H19FN6O2/c1-25-16-21-13(20-15(22-16)23-5-3-2-4-6-23)10-19-14(24)11-7-12(17)9-18-8-11/h7-9H,2-6,10H2,1H3,(H,19,24). The Labute approximate surface area is 144 Å². The molecule has 9 heteroatoms. The Balaban J connectivity index is 1.71. The van der Waals surface area contributed by atoms with Crippen molar-refractivity contribution in [2.75, 3.05) is 25.1 Å². The van der Waals surface area contributed by atoms with Gasteiger partial charge in [-0.15, -0.1) is 0 Å². The van der Waals surface area contributed by atoms with E-state index in [1.54, 1.807) is 0 Å². The van der Waals surface area contributed by atoms with Crippen LogP contribution < -0.4 is 15.0 Å². The molecule has 2 aromatic rings. The summed E-state index contributed by atoms with van der Waals surface area (Å²) in [6.07, 6.45) is 5.71. The van der Waals surface area contributed by atoms with Gasteiger partial charge in [0, 0.05) is 19.3 Å². The number of hydrogen-bond donors (Lipinski definition) is 1. The highest BCUT2D eigenvalue weighted by Crippen LogP contribution is 2.17. The van der Waals surface area contributed by atoms with Crippen LogP contribution in [0, 0.1) is 5.82 Å². The van der Waals surface area contributed by atoms with Gasteiger partial charge in [0.2, 0.25) is 5.95 Å². The number of aromatic nitrogens is 4. The Morgan fingerprint density at radius 1 is 1.24 bits per heavy atom. The molecule has 3 rings (SSSR count). The lowest BCUT2D eigenvalue weighted by molar-refractivity contribution is 0.0949. The van der Waals surface area contributed by atoms with E-state index in [0.717, 1.165) is 38.2 Å². The molecule has 0 spiro atoms. The monoisotopic (exact) mass is 346 g/mol. The van der Waals surface area contributed by atoms with Crippen molar-refractivity contribution >= 4 is 11.9 Å². The number of nitrogens with zero attached hydrogens (tertiary/aromatic N) is 5. The molecule has 0 unspecified atom stereocenters. The van der Waals surface area contributed by atoms with Gasteiger partial charge < -0.3 is 15.0 Å². The van der Waals surface area contributed by atoms with Gasteiger partial charge in [-0.3, -0.25) is 9.78 Å². The summed E-state index contributed by atoms with van der Waals surface area (Å²) in [7, 11) is 1.48. The highest BCUT2D eigenvalue weighted by atomic mass is 19.1. The molecule has 1 N–H and O–H groups in total. The van der Waals surface area contributed by atoms with Crippen LogP contribution in [0.4, 0.5) is 10.3 Å². The highest BCUT2D eigenvalue weighted by molar-refractivity contribution is 5.93. The fraction of sp³-hybridized carbons (Fsp3) is 0.438. The molecule has 1 aliphatic rings. The fourth-order valence-corrected chi connectivity index (χ4v) is 2.59. The molecule has 1 amide bonds. The number of rotatable bonds is 5. The Hall–Kier alpha value is -2.84. The van der Waals surface area contributed by atoms with Gasteiger partial charge in [0.15, 0.2) is 5.82 Å². The molecule has 0 saturated carbocycles. The maximum Gasteiger partial charge on any atom is 0.321 e. The lowest BCUT2D eigenvalue weighted by Gasteiger charge is -2.26. The largest absolute Gasteiger partial charge is 0.467 e. The number of ether oxygens (including phenoxy) is 1. The maximum atomic E-state index is 13.2. The summed E-state index contributed by atoms with van der Waals surface area (Å²) in [4.78, 5) is 30.7. The third-order valence-electron chi connectivity index (χ3n) is 3.85. The molecule has 8 nitrogen and oxygen atoms in total. The van der Waals surface area contributed by atoms with Crippen molar-refractivity contribution < 1.29 is 13.9 Å². The quantitative estimate of drug-likeness (QED) is 0.873. The number of carbonyl (C=O) groups excluding carboxylic acids is 1. The SMILES string of the molecule is COc1nc(CNC(=O)c2cncc(F)c2)nc(N2CCCCC2)n1. The van der Waals surface area contributed by atoms with E-state index in [0.29, 0.717) is 11.8 Å². The lowest BCUT2D eigenvalue weighted by Crippen LogP contribution is -2.32. The smallest absolute Gasteiger partial charge is 0.321 e. The van der Waals surface area contributed by atoms with E-state index in [9.17, 15) is 9.18 Å². The van der Waals surface area contributed by atoms with Crippen LogP contribution in [-0.4, -0.2) is 46.0 Å². The Bertz CT molecular complexity index is 751. The van der Waals surface area contributed by atoms with Crippen LogP contribution in [0.1, 0.15) is 35.4 Å². The van der Waals surface area contributed by atoms with Crippen LogP contribution in [0.2, 0.25) is 0 Å². The van der Waals surface area contributed by atoms with Gasteiger partial charge in [-0.25, -0.2) is 4.39 Å². The lowest BCUT2D eigenvalue weighted by atomic mass is 10.1. The van der Waals surface area contributed by atoms with Gasteiger partial charge in [-0.05, 0) is 25.3 Å². The van der Waals surface area contributed by atoms with Gasteiger partial charge >= 0.3 is 6.01 Å². The predicted molar refractivity (Wildman–Crippen MR) is 87.8 cm³/mol. The van der Waals surface area contributed by atoms with Crippen LogP contribution in [0.25, 0.3) is 0 Å². The molecule has 132 valence electrons. The molecule has 25 heavy (non-hydrogen) atoms. The molecule has 0 atom stereocenters. The van der Waals surface area contributed by atoms with E-state index in [1.807, 2.05) is 0 Å². The summed E-state index contributed by atoms with van der Waals surface area (Å²) in [5, 5.41) is 2.65. The topological polar surface area (TPSA) is 93.1 Å². The van der Waals surface area contributed by atoms with E-state index in [-0.39, 0.29) is 18.1 Å². The summed E-state index contributed by atoms with van der Waals surface area (Å²) in [5.41, 5.74) is 0.136. The van der Waals surface area contributed by atoms with Crippen LogP contribution in [-0.2, 0) is 6.54 Å². The van der Waals surface area contributed by atoms with Crippen molar-refractivity contribution in [2.45, 2.75) is 25.8 Å². The number of methoxy groups -OCH3 is 1. The minimum atomic E-state index is -0.568. The summed E-state index contributed by atoms with van der Waals surface area (Å²) in [6.45, 7) is 1.84. The number of nitrogens with one attached hydrogen (secondary N) is 1. The van der Waals surface area contributed by atoms with Gasteiger partial charge in [0.1, 0.15) is 5.82 Å². The molecule has 1 aliphatic heterocycles. The van der Waals surface area contributed by atoms with Crippen LogP contribution in [0.3, 0.4) is 0 Å². The fourth-order valence-electron chi connectivity index (χ4n) is 2.59. The van der Waals surface area contributed by atoms with Crippen molar-refractivity contribution in [3.8, 4) is 6.01 Å². The molecule has 0 radical (unpaired) electrons. The van der Waals surface area contributed by atoms with Crippen molar-refractivity contribution in [1.29, 1.82) is 0 Å². The minimum Gasteiger partial charge on any atom is -0.467 e. The molecular formula is C16H19FN6O2. The van der Waals surface area contributed by atoms with Crippen LogP contribution >= 0.6 is 0 Å². The molecule has 1 saturated heterocycles. The van der Waals surface area contributed by atoms with Crippen molar-refractivity contribution in [3.63, 3.8) is 0 Å². The van der Waals surface area contributed by atoms with E-state index in [2.05, 4.69) is 30.2 Å². The maximum absolute atomic E-state index is 13.2. The predicted octanol–water partition coefficient (Wildman–Crippen LogP) is 1.33. The third-order valence-corrected chi connectivity index (χ3v) is 3.85. The van der Waals surface area contributed by atoms with E-state index < -0.39 is 11.7 Å². The third kappa shape index (κ3) is 4.37. The van der Waals surface area contributed by atoms with Crippen molar-refractivity contribution in [2.24, 2.45) is 0 Å². The summed E-state index contributed by atoms with van der Waals surface area (Å²) < 4.78 is 18.3. The number of amides is 1. The first kappa shape index (κ1) is 17.0. The second-order valence-electron chi connectivity index (χ2n) is 5.66. The first-order valence-electron chi connectivity index (χ1n) is 8.08. The zero-order valence-electron chi connectivity index (χ0n) is 13.9. The first-order chi connectivity index (χ1) is 12.2. The molecule has 0 bridgehead atoms. The highest BCUT2D eigenvalue weighted by Gasteiger charge is 2.17. The molecule has 2 aromatic heterocycles. The Morgan fingerprint density at radius 2 is 2.04 bits per heavy atom. The van der Waals surface area contributed by atoms with Crippen LogP contribution in [0.15, 0.2) is 18.5 Å². The van der Waals surface area contributed by atoms with Crippen molar-refractivity contribution in [1.82, 2.24) is 25.3 Å². The number of carbonyl (C=O) groups is 1. The summed E-state index contributed by atoms with van der Waals surface area (Å²) >= 11 is 0. The summed E-state index contributed by atoms with van der Waals surface area (Å²) in [6, 6.07) is 1.32. The van der Waals surface area contributed by atoms with E-state index >= 15 is 0 Å². The number of halogens is 1. The van der Waals surface area contributed by atoms with Crippen molar-refractivity contribution in [3.05, 3.63) is 35.7 Å². The van der Waals surface area contributed by atoms with Gasteiger partial charge in [-0.2, -0.15) is 15.0 Å². The summed E-state index contributed by atoms with van der Waals surface area (Å²) in [5.74, 6) is -0.0962. The molecule has 0 aromatic carbocycles. The average Bonchev–Trinajstić information content (AvgIpc) is 2.66. The number of pyridine rings is 1. The first-order valence-corrected chi connectivity index (χ1v) is 8.08. The number of hydrogen-bond acceptors (Lipinski definition) is 7. The molecule has 0 aliphatic carbocycles. The van der Waals surface area contributed by atoms with Gasteiger partial charge in [0.25, 0.3) is 5.91 Å². The van der Waals surface area contributed by atoms with Gasteiger partial charge in [-0.1, -0.05) is 0 Å². The molecule has 3 heterocycles. The molecule has 1 fully saturated rings. The second-order valence-corrected chi connectivity index (χ2v) is 5.66. The Kier molecular flexibility index (Phi) is 5.32. The molecular weight excluding hydrogens is 327 g/mol. The zero-order valence-corrected chi connectivity index (χ0v) is 13.9. The number of piperidine rings is 1. The zero-order chi connectivity index (χ0) is 17.6. The van der Waals surface area contributed by atoms with Crippen LogP contribution in [0.5, 0.6) is 6.01 Å². The normalized spacial score (nSPS) is 14.2. The van der Waals surface area contributed by atoms with Gasteiger partial charge in [0.05, 0.1) is 25.4 Å².